The van der Waals surface area contributed by atoms with Crippen molar-refractivity contribution in [3.05, 3.63) is 35.9 Å². The molecule has 0 bridgehead atoms. The molecular formula is C19H28N2O2. The zero-order chi connectivity index (χ0) is 15.9. The number of ether oxygens (including phenoxy) is 1. The van der Waals surface area contributed by atoms with E-state index in [1.165, 1.54) is 31.2 Å². The Morgan fingerprint density at radius 1 is 1.17 bits per heavy atom. The van der Waals surface area contributed by atoms with Gasteiger partial charge >= 0.3 is 0 Å². The zero-order valence-corrected chi connectivity index (χ0v) is 13.9. The first-order valence-corrected chi connectivity index (χ1v) is 8.96. The van der Waals surface area contributed by atoms with Crippen molar-refractivity contribution in [1.29, 1.82) is 0 Å². The van der Waals surface area contributed by atoms with Gasteiger partial charge in [-0.3, -0.25) is 9.69 Å². The van der Waals surface area contributed by atoms with Crippen LogP contribution in [0.2, 0.25) is 0 Å². The highest BCUT2D eigenvalue weighted by Gasteiger charge is 2.24. The quantitative estimate of drug-likeness (QED) is 0.877. The van der Waals surface area contributed by atoms with Crippen LogP contribution in [0.4, 0.5) is 0 Å². The van der Waals surface area contributed by atoms with Gasteiger partial charge in [0.1, 0.15) is 0 Å². The van der Waals surface area contributed by atoms with Crippen molar-refractivity contribution in [3.63, 3.8) is 0 Å². The number of nitrogens with one attached hydrogen (secondary N) is 1. The second kappa shape index (κ2) is 8.46. The SMILES string of the molecule is O=C(CC1CCCC1)NCC(c1ccccc1)N1CCOCC1. The van der Waals surface area contributed by atoms with Gasteiger partial charge in [-0.25, -0.2) is 0 Å². The van der Waals surface area contributed by atoms with Gasteiger partial charge in [0.05, 0.1) is 19.3 Å². The average Bonchev–Trinajstić information content (AvgIpc) is 3.10. The van der Waals surface area contributed by atoms with Crippen molar-refractivity contribution in [2.45, 2.75) is 38.1 Å². The lowest BCUT2D eigenvalue weighted by Gasteiger charge is -2.35. The molecule has 23 heavy (non-hydrogen) atoms. The monoisotopic (exact) mass is 316 g/mol. The highest BCUT2D eigenvalue weighted by Crippen LogP contribution is 2.27. The number of carbonyl (C=O) groups is 1. The molecule has 1 heterocycles. The summed E-state index contributed by atoms with van der Waals surface area (Å²) in [6.07, 6.45) is 5.72. The third kappa shape index (κ3) is 4.79. The fraction of sp³-hybridized carbons (Fsp3) is 0.632. The van der Waals surface area contributed by atoms with Crippen LogP contribution in [0.5, 0.6) is 0 Å². The molecule has 2 aliphatic rings. The normalized spacial score (nSPS) is 21.2. The number of carbonyl (C=O) groups excluding carboxylic acids is 1. The molecule has 2 fully saturated rings. The van der Waals surface area contributed by atoms with E-state index in [1.54, 1.807) is 0 Å². The third-order valence-corrected chi connectivity index (χ3v) is 5.11. The Kier molecular flexibility index (Phi) is 6.06. The van der Waals surface area contributed by atoms with Crippen molar-refractivity contribution in [3.8, 4) is 0 Å². The van der Waals surface area contributed by atoms with Crippen molar-refractivity contribution in [2.24, 2.45) is 5.92 Å². The van der Waals surface area contributed by atoms with E-state index in [2.05, 4.69) is 34.5 Å². The third-order valence-electron chi connectivity index (χ3n) is 5.11. The standard InChI is InChI=1S/C19H28N2O2/c22-19(14-16-6-4-5-7-16)20-15-18(17-8-2-1-3-9-17)21-10-12-23-13-11-21/h1-3,8-9,16,18H,4-7,10-15H2,(H,20,22). The molecule has 1 N–H and O–H groups in total. The number of nitrogens with zero attached hydrogens (tertiary/aromatic N) is 1. The minimum absolute atomic E-state index is 0.214. The molecule has 4 nitrogen and oxygen atoms in total. The Morgan fingerprint density at radius 3 is 2.57 bits per heavy atom. The van der Waals surface area contributed by atoms with Crippen LogP contribution in [0, 0.1) is 5.92 Å². The van der Waals surface area contributed by atoms with Gasteiger partial charge in [-0.05, 0) is 24.3 Å². The Bertz CT molecular complexity index is 479. The van der Waals surface area contributed by atoms with Crippen molar-refractivity contribution < 1.29 is 9.53 Å². The lowest BCUT2D eigenvalue weighted by Crippen LogP contribution is -2.44. The number of amides is 1. The summed E-state index contributed by atoms with van der Waals surface area (Å²) in [5.41, 5.74) is 1.27. The fourth-order valence-electron chi connectivity index (χ4n) is 3.78. The second-order valence-corrected chi connectivity index (χ2v) is 6.73. The van der Waals surface area contributed by atoms with Crippen molar-refractivity contribution in [1.82, 2.24) is 10.2 Å². The Balaban J connectivity index is 1.58. The Hall–Kier alpha value is -1.39. The number of hydrogen-bond acceptors (Lipinski definition) is 3. The van der Waals surface area contributed by atoms with Crippen molar-refractivity contribution >= 4 is 5.91 Å². The van der Waals surface area contributed by atoms with Gasteiger partial charge in [0.2, 0.25) is 5.91 Å². The van der Waals surface area contributed by atoms with E-state index in [9.17, 15) is 4.79 Å². The molecule has 126 valence electrons. The molecule has 3 rings (SSSR count). The zero-order valence-electron chi connectivity index (χ0n) is 13.9. The van der Waals surface area contributed by atoms with E-state index >= 15 is 0 Å². The summed E-state index contributed by atoms with van der Waals surface area (Å²) in [7, 11) is 0. The lowest BCUT2D eigenvalue weighted by molar-refractivity contribution is -0.122. The molecule has 1 unspecified atom stereocenters. The van der Waals surface area contributed by atoms with Gasteiger partial charge < -0.3 is 10.1 Å². The van der Waals surface area contributed by atoms with Gasteiger partial charge in [0.25, 0.3) is 0 Å². The first-order chi connectivity index (χ1) is 11.3. The lowest BCUT2D eigenvalue weighted by atomic mass is 10.0. The molecule has 1 atom stereocenters. The van der Waals surface area contributed by atoms with Crippen LogP contribution >= 0.6 is 0 Å². The Morgan fingerprint density at radius 2 is 1.87 bits per heavy atom. The molecule has 1 aromatic rings. The summed E-state index contributed by atoms with van der Waals surface area (Å²) >= 11 is 0. The molecule has 1 aromatic carbocycles. The Labute approximate surface area is 139 Å². The van der Waals surface area contributed by atoms with Gasteiger partial charge in [0.15, 0.2) is 0 Å². The summed E-state index contributed by atoms with van der Waals surface area (Å²) in [4.78, 5) is 14.7. The topological polar surface area (TPSA) is 41.6 Å². The minimum Gasteiger partial charge on any atom is -0.379 e. The average molecular weight is 316 g/mol. The van der Waals surface area contributed by atoms with E-state index in [1.807, 2.05) is 6.07 Å². The molecule has 4 heteroatoms. The first-order valence-electron chi connectivity index (χ1n) is 8.96. The van der Waals surface area contributed by atoms with Crippen LogP contribution in [0.1, 0.15) is 43.7 Å². The fourth-order valence-corrected chi connectivity index (χ4v) is 3.78. The van der Waals surface area contributed by atoms with E-state index in [-0.39, 0.29) is 11.9 Å². The first kappa shape index (κ1) is 16.5. The van der Waals surface area contributed by atoms with E-state index in [4.69, 9.17) is 4.74 Å². The molecule has 0 aromatic heterocycles. The maximum atomic E-state index is 12.3. The summed E-state index contributed by atoms with van der Waals surface area (Å²) in [5.74, 6) is 0.819. The van der Waals surface area contributed by atoms with Gasteiger partial charge in [0, 0.05) is 26.1 Å². The summed E-state index contributed by atoms with van der Waals surface area (Å²) in [6.45, 7) is 4.10. The molecule has 0 spiro atoms. The smallest absolute Gasteiger partial charge is 0.220 e. The van der Waals surface area contributed by atoms with Gasteiger partial charge in [-0.1, -0.05) is 43.2 Å². The summed E-state index contributed by atoms with van der Waals surface area (Å²) in [5, 5.41) is 3.18. The number of morpholine rings is 1. The number of hydrogen-bond donors (Lipinski definition) is 1. The van der Waals surface area contributed by atoms with Crippen LogP contribution in [-0.2, 0) is 9.53 Å². The number of rotatable bonds is 6. The highest BCUT2D eigenvalue weighted by atomic mass is 16.5. The van der Waals surface area contributed by atoms with Crippen LogP contribution in [0.25, 0.3) is 0 Å². The molecular weight excluding hydrogens is 288 g/mol. The molecule has 1 saturated heterocycles. The van der Waals surface area contributed by atoms with Crippen LogP contribution in [0.15, 0.2) is 30.3 Å². The van der Waals surface area contributed by atoms with E-state index in [0.29, 0.717) is 18.9 Å². The van der Waals surface area contributed by atoms with Gasteiger partial charge in [-0.2, -0.15) is 0 Å². The molecule has 1 aliphatic carbocycles. The summed E-state index contributed by atoms with van der Waals surface area (Å²) < 4.78 is 5.47. The van der Waals surface area contributed by atoms with E-state index < -0.39 is 0 Å². The number of benzene rings is 1. The van der Waals surface area contributed by atoms with E-state index in [0.717, 1.165) is 26.3 Å². The second-order valence-electron chi connectivity index (χ2n) is 6.73. The molecule has 0 radical (unpaired) electrons. The molecule has 1 aliphatic heterocycles. The largest absolute Gasteiger partial charge is 0.379 e. The molecule has 1 amide bonds. The highest BCUT2D eigenvalue weighted by molar-refractivity contribution is 5.76. The summed E-state index contributed by atoms with van der Waals surface area (Å²) in [6, 6.07) is 10.7. The van der Waals surface area contributed by atoms with Crippen molar-refractivity contribution in [2.75, 3.05) is 32.8 Å². The maximum Gasteiger partial charge on any atom is 0.220 e. The molecule has 1 saturated carbocycles. The van der Waals surface area contributed by atoms with Crippen LogP contribution < -0.4 is 5.32 Å². The predicted molar refractivity (Wildman–Crippen MR) is 91.2 cm³/mol. The van der Waals surface area contributed by atoms with Gasteiger partial charge in [-0.15, -0.1) is 0 Å². The maximum absolute atomic E-state index is 12.3. The minimum atomic E-state index is 0.214. The predicted octanol–water partition coefficient (Wildman–Crippen LogP) is 2.76. The van der Waals surface area contributed by atoms with Crippen LogP contribution in [-0.4, -0.2) is 43.7 Å². The van der Waals surface area contributed by atoms with Crippen LogP contribution in [0.3, 0.4) is 0 Å².